The zero-order valence-corrected chi connectivity index (χ0v) is 20.9. The molecule has 0 amide bonds. The summed E-state index contributed by atoms with van der Waals surface area (Å²) in [6.07, 6.45) is 3.23. The van der Waals surface area contributed by atoms with Gasteiger partial charge in [0.05, 0.1) is 12.2 Å². The molecule has 0 saturated carbocycles. The molecular formula is C26H29F2N7O. The largest absolute Gasteiger partial charge is 0.324 e. The maximum Gasteiger partial charge on any atom is 0.285 e. The van der Waals surface area contributed by atoms with Crippen LogP contribution in [-0.4, -0.2) is 30.9 Å². The SMILES string of the molecule is CC(C)n1c(=O)c2cnc(Nc3ccc4c(c3)CNCC4(F)F)nc2n1-c1ccnc(C(C)(C)C)c1. The van der Waals surface area contributed by atoms with E-state index >= 15 is 0 Å². The van der Waals surface area contributed by atoms with Crippen LogP contribution in [0.1, 0.15) is 57.5 Å². The number of aromatic nitrogens is 5. The number of nitrogens with zero attached hydrogens (tertiary/aromatic N) is 5. The molecule has 3 aromatic heterocycles. The smallest absolute Gasteiger partial charge is 0.285 e. The van der Waals surface area contributed by atoms with Crippen molar-refractivity contribution in [3.63, 3.8) is 0 Å². The van der Waals surface area contributed by atoms with Crippen LogP contribution in [0.25, 0.3) is 16.7 Å². The van der Waals surface area contributed by atoms with Crippen LogP contribution < -0.4 is 16.2 Å². The van der Waals surface area contributed by atoms with Gasteiger partial charge in [0.15, 0.2) is 5.65 Å². The van der Waals surface area contributed by atoms with E-state index < -0.39 is 5.92 Å². The van der Waals surface area contributed by atoms with Gasteiger partial charge in [-0.1, -0.05) is 26.8 Å². The topological polar surface area (TPSA) is 89.7 Å². The predicted octanol–water partition coefficient (Wildman–Crippen LogP) is 4.79. The molecule has 5 rings (SSSR count). The number of pyridine rings is 1. The van der Waals surface area contributed by atoms with Gasteiger partial charge in [0.1, 0.15) is 5.39 Å². The molecule has 4 aromatic rings. The van der Waals surface area contributed by atoms with Crippen LogP contribution in [0, 0.1) is 0 Å². The molecule has 0 radical (unpaired) electrons. The van der Waals surface area contributed by atoms with Gasteiger partial charge in [-0.3, -0.25) is 9.78 Å². The third-order valence-corrected chi connectivity index (χ3v) is 6.29. The molecule has 10 heteroatoms. The zero-order chi connectivity index (χ0) is 25.8. The Kier molecular flexibility index (Phi) is 5.66. The Morgan fingerprint density at radius 1 is 1.14 bits per heavy atom. The number of hydrogen-bond acceptors (Lipinski definition) is 6. The Labute approximate surface area is 207 Å². The number of alkyl halides is 2. The molecule has 1 aromatic carbocycles. The van der Waals surface area contributed by atoms with Crippen molar-refractivity contribution in [1.29, 1.82) is 0 Å². The summed E-state index contributed by atoms with van der Waals surface area (Å²) in [5.41, 5.74) is 2.86. The second kappa shape index (κ2) is 8.48. The van der Waals surface area contributed by atoms with Crippen molar-refractivity contribution in [3.8, 4) is 5.69 Å². The lowest BCUT2D eigenvalue weighted by molar-refractivity contribution is -0.0107. The maximum absolute atomic E-state index is 14.2. The highest BCUT2D eigenvalue weighted by Gasteiger charge is 2.36. The van der Waals surface area contributed by atoms with E-state index in [2.05, 4.69) is 46.4 Å². The Hall–Kier alpha value is -3.66. The molecule has 0 fully saturated rings. The number of rotatable bonds is 4. The van der Waals surface area contributed by atoms with Gasteiger partial charge in [-0.15, -0.1) is 0 Å². The van der Waals surface area contributed by atoms with Crippen LogP contribution >= 0.6 is 0 Å². The summed E-state index contributed by atoms with van der Waals surface area (Å²) in [5.74, 6) is -2.65. The van der Waals surface area contributed by atoms with Gasteiger partial charge in [0.25, 0.3) is 11.5 Å². The van der Waals surface area contributed by atoms with Crippen molar-refractivity contribution in [2.45, 2.75) is 58.5 Å². The van der Waals surface area contributed by atoms with Crippen molar-refractivity contribution >= 4 is 22.7 Å². The first-order valence-electron chi connectivity index (χ1n) is 11.9. The number of fused-ring (bicyclic) bond motifs is 2. The van der Waals surface area contributed by atoms with Crippen molar-refractivity contribution in [2.24, 2.45) is 0 Å². The van der Waals surface area contributed by atoms with Gasteiger partial charge >= 0.3 is 0 Å². The first-order chi connectivity index (χ1) is 17.0. The molecule has 0 bridgehead atoms. The minimum Gasteiger partial charge on any atom is -0.324 e. The second-order valence-corrected chi connectivity index (χ2v) is 10.4. The summed E-state index contributed by atoms with van der Waals surface area (Å²) in [6.45, 7) is 10.1. The van der Waals surface area contributed by atoms with E-state index in [0.717, 1.165) is 11.4 Å². The van der Waals surface area contributed by atoms with Gasteiger partial charge < -0.3 is 10.6 Å². The molecule has 36 heavy (non-hydrogen) atoms. The summed E-state index contributed by atoms with van der Waals surface area (Å²) in [5, 5.41) is 6.25. The first kappa shape index (κ1) is 24.1. The lowest BCUT2D eigenvalue weighted by atomic mass is 9.91. The van der Waals surface area contributed by atoms with Gasteiger partial charge in [-0.25, -0.2) is 14.3 Å². The molecule has 2 N–H and O–H groups in total. The van der Waals surface area contributed by atoms with E-state index in [1.54, 1.807) is 27.7 Å². The fourth-order valence-corrected chi connectivity index (χ4v) is 4.49. The molecule has 188 valence electrons. The van der Waals surface area contributed by atoms with Crippen molar-refractivity contribution < 1.29 is 8.78 Å². The lowest BCUT2D eigenvalue weighted by Crippen LogP contribution is -2.36. The van der Waals surface area contributed by atoms with E-state index in [1.807, 2.05) is 26.0 Å². The molecule has 0 atom stereocenters. The van der Waals surface area contributed by atoms with Crippen LogP contribution in [0.2, 0.25) is 0 Å². The average molecular weight is 494 g/mol. The van der Waals surface area contributed by atoms with Gasteiger partial charge in [-0.2, -0.15) is 13.8 Å². The Bertz CT molecular complexity index is 1520. The molecule has 0 spiro atoms. The Morgan fingerprint density at radius 2 is 1.92 bits per heavy atom. The van der Waals surface area contributed by atoms with Crippen LogP contribution in [0.4, 0.5) is 20.4 Å². The summed E-state index contributed by atoms with van der Waals surface area (Å²) < 4.78 is 31.8. The van der Waals surface area contributed by atoms with Crippen molar-refractivity contribution in [3.05, 3.63) is 69.9 Å². The highest BCUT2D eigenvalue weighted by atomic mass is 19.3. The minimum absolute atomic E-state index is 0.0263. The van der Waals surface area contributed by atoms with E-state index in [-0.39, 0.29) is 35.1 Å². The quantitative estimate of drug-likeness (QED) is 0.425. The Balaban J connectivity index is 1.61. The molecule has 1 aliphatic rings. The summed E-state index contributed by atoms with van der Waals surface area (Å²) in [4.78, 5) is 26.8. The summed E-state index contributed by atoms with van der Waals surface area (Å²) in [6, 6.07) is 8.38. The molecule has 0 saturated heterocycles. The normalized spacial score (nSPS) is 15.3. The van der Waals surface area contributed by atoms with Crippen LogP contribution in [-0.2, 0) is 17.9 Å². The van der Waals surface area contributed by atoms with Crippen LogP contribution in [0.5, 0.6) is 0 Å². The van der Waals surface area contributed by atoms with Crippen molar-refractivity contribution in [2.75, 3.05) is 11.9 Å². The molecule has 1 aliphatic heterocycles. The second-order valence-electron chi connectivity index (χ2n) is 10.4. The standard InChI is InChI=1S/C26H29F2N7O/c1-15(2)34-23(36)19-13-31-24(32-17-6-7-20-16(10-17)12-29-14-26(20,27)28)33-22(19)35(34)18-8-9-30-21(11-18)25(3,4)5/h6-11,13,15,29H,12,14H2,1-5H3,(H,31,32,33). The monoisotopic (exact) mass is 493 g/mol. The van der Waals surface area contributed by atoms with Crippen molar-refractivity contribution in [1.82, 2.24) is 29.6 Å². The molecular weight excluding hydrogens is 464 g/mol. The predicted molar refractivity (Wildman–Crippen MR) is 135 cm³/mol. The van der Waals surface area contributed by atoms with Crippen LogP contribution in [0.3, 0.4) is 0 Å². The van der Waals surface area contributed by atoms with E-state index in [4.69, 9.17) is 0 Å². The molecule has 0 aliphatic carbocycles. The number of anilines is 2. The minimum atomic E-state index is -2.91. The average Bonchev–Trinajstić information content (AvgIpc) is 3.10. The molecule has 8 nitrogen and oxygen atoms in total. The molecule has 4 heterocycles. The third kappa shape index (κ3) is 4.15. The maximum atomic E-state index is 14.2. The van der Waals surface area contributed by atoms with E-state index in [1.165, 1.54) is 12.3 Å². The third-order valence-electron chi connectivity index (χ3n) is 6.29. The highest BCUT2D eigenvalue weighted by molar-refractivity contribution is 5.77. The van der Waals surface area contributed by atoms with E-state index in [0.29, 0.717) is 28.8 Å². The van der Waals surface area contributed by atoms with Crippen LogP contribution in [0.15, 0.2) is 47.5 Å². The number of hydrogen-bond donors (Lipinski definition) is 2. The fourth-order valence-electron chi connectivity index (χ4n) is 4.49. The van der Waals surface area contributed by atoms with Gasteiger partial charge in [-0.05, 0) is 43.7 Å². The summed E-state index contributed by atoms with van der Waals surface area (Å²) in [7, 11) is 0. The number of halogens is 2. The highest BCUT2D eigenvalue weighted by Crippen LogP contribution is 2.35. The van der Waals surface area contributed by atoms with E-state index in [9.17, 15) is 13.6 Å². The lowest BCUT2D eigenvalue weighted by Gasteiger charge is -2.26. The van der Waals surface area contributed by atoms with Gasteiger partial charge in [0, 0.05) is 47.3 Å². The number of nitrogens with one attached hydrogen (secondary N) is 2. The summed E-state index contributed by atoms with van der Waals surface area (Å²) >= 11 is 0. The zero-order valence-electron chi connectivity index (χ0n) is 20.9. The van der Waals surface area contributed by atoms with Gasteiger partial charge in [0.2, 0.25) is 5.95 Å². The number of benzene rings is 1. The first-order valence-corrected chi connectivity index (χ1v) is 11.9. The fraction of sp³-hybridized carbons (Fsp3) is 0.385. The Morgan fingerprint density at radius 3 is 2.64 bits per heavy atom. The molecule has 0 unspecified atom stereocenters.